The molecule has 6 rings (SSSR count). The van der Waals surface area contributed by atoms with E-state index in [1.54, 1.807) is 4.90 Å². The zero-order chi connectivity index (χ0) is 35.0. The molecule has 0 saturated carbocycles. The number of fused-ring (bicyclic) bond motifs is 1. The Balaban J connectivity index is 1.19. The SMILES string of the molecule is CCN(CCCOc1cc(-c2ccccc2)ccc1CNc1nc2c(N)ncnc2n1[C@@H]1O[C@H](CO)C(O)C1O)C(=O)OCc1ccccc1. The van der Waals surface area contributed by atoms with Crippen LogP contribution in [0, 0.1) is 0 Å². The topological polar surface area (TPSA) is 190 Å². The van der Waals surface area contributed by atoms with E-state index in [0.717, 1.165) is 22.3 Å². The maximum absolute atomic E-state index is 12.7. The zero-order valence-corrected chi connectivity index (χ0v) is 27.6. The summed E-state index contributed by atoms with van der Waals surface area (Å²) in [5.41, 5.74) is 10.4. The summed E-state index contributed by atoms with van der Waals surface area (Å²) in [6.07, 6.45) is -3.35. The number of nitrogens with zero attached hydrogens (tertiary/aromatic N) is 5. The Hall–Kier alpha value is -5.28. The van der Waals surface area contributed by atoms with Crippen LogP contribution in [0.5, 0.6) is 5.75 Å². The number of nitrogen functional groups attached to an aromatic ring is 1. The third kappa shape index (κ3) is 7.63. The van der Waals surface area contributed by atoms with Crippen LogP contribution in [0.15, 0.2) is 85.2 Å². The lowest BCUT2D eigenvalue weighted by Crippen LogP contribution is -2.33. The summed E-state index contributed by atoms with van der Waals surface area (Å²) < 4.78 is 19.2. The van der Waals surface area contributed by atoms with Crippen molar-refractivity contribution < 1.29 is 34.3 Å². The highest BCUT2D eigenvalue weighted by Gasteiger charge is 2.45. The van der Waals surface area contributed by atoms with Gasteiger partial charge in [-0.25, -0.2) is 19.7 Å². The molecule has 1 saturated heterocycles. The highest BCUT2D eigenvalue weighted by molar-refractivity contribution is 5.84. The van der Waals surface area contributed by atoms with Crippen molar-refractivity contribution in [1.82, 2.24) is 24.4 Å². The van der Waals surface area contributed by atoms with Crippen molar-refractivity contribution >= 4 is 29.0 Å². The second kappa shape index (κ2) is 16.0. The number of carbonyl (C=O) groups excluding carboxylic acids is 1. The number of amides is 1. The van der Waals surface area contributed by atoms with E-state index in [1.807, 2.05) is 85.8 Å². The van der Waals surface area contributed by atoms with Crippen LogP contribution >= 0.6 is 0 Å². The number of rotatable bonds is 14. The molecule has 0 radical (unpaired) electrons. The molecule has 262 valence electrons. The molecule has 0 aliphatic carbocycles. The lowest BCUT2D eigenvalue weighted by Gasteiger charge is -2.21. The van der Waals surface area contributed by atoms with Gasteiger partial charge in [0.2, 0.25) is 5.95 Å². The molecule has 1 aliphatic heterocycles. The molecule has 3 heterocycles. The molecular formula is C36H41N7O7. The first-order valence-electron chi connectivity index (χ1n) is 16.5. The number of nitrogens with one attached hydrogen (secondary N) is 1. The Morgan fingerprint density at radius 1 is 1.02 bits per heavy atom. The van der Waals surface area contributed by atoms with Crippen molar-refractivity contribution in [1.29, 1.82) is 0 Å². The average molecular weight is 684 g/mol. The molecule has 2 unspecified atom stereocenters. The Morgan fingerprint density at radius 3 is 2.50 bits per heavy atom. The maximum atomic E-state index is 12.7. The summed E-state index contributed by atoms with van der Waals surface area (Å²) in [5, 5.41) is 34.3. The Morgan fingerprint density at radius 2 is 1.78 bits per heavy atom. The largest absolute Gasteiger partial charge is 0.493 e. The van der Waals surface area contributed by atoms with E-state index in [9.17, 15) is 20.1 Å². The fourth-order valence-electron chi connectivity index (χ4n) is 5.83. The van der Waals surface area contributed by atoms with E-state index in [-0.39, 0.29) is 42.2 Å². The smallest absolute Gasteiger partial charge is 0.410 e. The van der Waals surface area contributed by atoms with Crippen molar-refractivity contribution in [3.8, 4) is 16.9 Å². The van der Waals surface area contributed by atoms with Crippen LogP contribution in [-0.4, -0.2) is 90.4 Å². The quantitative estimate of drug-likeness (QED) is 0.107. The molecular weight excluding hydrogens is 642 g/mol. The summed E-state index contributed by atoms with van der Waals surface area (Å²) in [6, 6.07) is 25.4. The number of aliphatic hydroxyl groups excluding tert-OH is 3. The molecule has 14 nitrogen and oxygen atoms in total. The minimum atomic E-state index is -1.37. The molecule has 5 aromatic rings. The number of imidazole rings is 1. The number of ether oxygens (including phenoxy) is 3. The summed E-state index contributed by atoms with van der Waals surface area (Å²) in [5.74, 6) is 1.01. The Bertz CT molecular complexity index is 1880. The molecule has 0 spiro atoms. The van der Waals surface area contributed by atoms with Crippen LogP contribution in [0.3, 0.4) is 0 Å². The van der Waals surface area contributed by atoms with Gasteiger partial charge in [-0.1, -0.05) is 72.8 Å². The number of benzene rings is 3. The molecule has 4 atom stereocenters. The number of carbonyl (C=O) groups is 1. The van der Waals surface area contributed by atoms with E-state index >= 15 is 0 Å². The van der Waals surface area contributed by atoms with Gasteiger partial charge in [-0.05, 0) is 36.1 Å². The Kier molecular flexibility index (Phi) is 11.0. The van der Waals surface area contributed by atoms with E-state index in [1.165, 1.54) is 10.9 Å². The van der Waals surface area contributed by atoms with E-state index in [0.29, 0.717) is 31.9 Å². The fraction of sp³-hybridized carbons (Fsp3) is 0.333. The van der Waals surface area contributed by atoms with Crippen LogP contribution in [0.2, 0.25) is 0 Å². The molecule has 0 bridgehead atoms. The summed E-state index contributed by atoms with van der Waals surface area (Å²) >= 11 is 0. The van der Waals surface area contributed by atoms with Gasteiger partial charge in [0.1, 0.15) is 37.0 Å². The normalized spacial score (nSPS) is 18.6. The van der Waals surface area contributed by atoms with E-state index in [2.05, 4.69) is 20.3 Å². The standard InChI is InChI=1S/C36H41N7O7/c1-2-42(36(47)49-21-23-10-5-3-6-11-23)16-9-17-48-27-18-25(24-12-7-4-8-13-24)14-15-26(27)19-38-35-41-29-32(37)39-22-40-33(29)43(35)34-31(46)30(45)28(20-44)50-34/h3-8,10-15,18,22,28,30-31,34,44-46H,2,9,16-17,19-21H2,1H3,(H,38,41)(H2,37,39,40)/t28-,30?,31?,34-/m1/s1. The lowest BCUT2D eigenvalue weighted by atomic mass is 10.0. The first-order chi connectivity index (χ1) is 24.4. The maximum Gasteiger partial charge on any atom is 0.410 e. The second-order valence-corrected chi connectivity index (χ2v) is 11.8. The number of aromatic nitrogens is 4. The minimum Gasteiger partial charge on any atom is -0.493 e. The van der Waals surface area contributed by atoms with Gasteiger partial charge in [0.05, 0.1) is 13.2 Å². The van der Waals surface area contributed by atoms with Gasteiger partial charge < -0.3 is 45.5 Å². The van der Waals surface area contributed by atoms with Gasteiger partial charge >= 0.3 is 6.09 Å². The number of hydrogen-bond donors (Lipinski definition) is 5. The van der Waals surface area contributed by atoms with Crippen LogP contribution in [0.25, 0.3) is 22.3 Å². The highest BCUT2D eigenvalue weighted by atomic mass is 16.6. The van der Waals surface area contributed by atoms with Gasteiger partial charge in [-0.3, -0.25) is 4.57 Å². The van der Waals surface area contributed by atoms with Crippen LogP contribution in [0.4, 0.5) is 16.6 Å². The average Bonchev–Trinajstić information content (AvgIpc) is 3.66. The van der Waals surface area contributed by atoms with Crippen molar-refractivity contribution in [2.45, 2.75) is 51.0 Å². The number of nitrogens with two attached hydrogens (primary N) is 1. The third-order valence-corrected chi connectivity index (χ3v) is 8.56. The second-order valence-electron chi connectivity index (χ2n) is 11.8. The molecule has 3 aromatic carbocycles. The summed E-state index contributed by atoms with van der Waals surface area (Å²) in [7, 11) is 0. The minimum absolute atomic E-state index is 0.129. The molecule has 50 heavy (non-hydrogen) atoms. The molecule has 1 fully saturated rings. The van der Waals surface area contributed by atoms with Crippen molar-refractivity contribution in [3.05, 3.63) is 96.3 Å². The van der Waals surface area contributed by atoms with Crippen molar-refractivity contribution in [2.75, 3.05) is 37.4 Å². The highest BCUT2D eigenvalue weighted by Crippen LogP contribution is 2.36. The van der Waals surface area contributed by atoms with Gasteiger partial charge in [0, 0.05) is 25.2 Å². The van der Waals surface area contributed by atoms with Gasteiger partial charge in [0.25, 0.3) is 0 Å². The van der Waals surface area contributed by atoms with Crippen molar-refractivity contribution in [3.63, 3.8) is 0 Å². The molecule has 1 amide bonds. The van der Waals surface area contributed by atoms with Crippen LogP contribution in [0.1, 0.15) is 30.7 Å². The lowest BCUT2D eigenvalue weighted by molar-refractivity contribution is -0.0501. The first-order valence-corrected chi connectivity index (χ1v) is 16.5. The van der Waals surface area contributed by atoms with Gasteiger partial charge in [0.15, 0.2) is 23.2 Å². The summed E-state index contributed by atoms with van der Waals surface area (Å²) in [4.78, 5) is 27.4. The zero-order valence-electron chi connectivity index (χ0n) is 27.6. The molecule has 14 heteroatoms. The van der Waals surface area contributed by atoms with E-state index < -0.39 is 31.1 Å². The number of anilines is 2. The van der Waals surface area contributed by atoms with Gasteiger partial charge in [-0.15, -0.1) is 0 Å². The third-order valence-electron chi connectivity index (χ3n) is 8.56. The number of hydrogen-bond acceptors (Lipinski definition) is 12. The molecule has 6 N–H and O–H groups in total. The predicted molar refractivity (Wildman–Crippen MR) is 186 cm³/mol. The van der Waals surface area contributed by atoms with Crippen LogP contribution in [-0.2, 0) is 22.6 Å². The monoisotopic (exact) mass is 683 g/mol. The Labute approximate surface area is 289 Å². The van der Waals surface area contributed by atoms with Gasteiger partial charge in [-0.2, -0.15) is 0 Å². The van der Waals surface area contributed by atoms with E-state index in [4.69, 9.17) is 19.9 Å². The predicted octanol–water partition coefficient (Wildman–Crippen LogP) is 3.73. The van der Waals surface area contributed by atoms with Crippen molar-refractivity contribution in [2.24, 2.45) is 0 Å². The number of aliphatic hydroxyl groups is 3. The van der Waals surface area contributed by atoms with Crippen LogP contribution < -0.4 is 15.8 Å². The fourth-order valence-corrected chi connectivity index (χ4v) is 5.83. The first kappa shape index (κ1) is 34.6. The molecule has 2 aromatic heterocycles. The molecule has 1 aliphatic rings. The summed E-state index contributed by atoms with van der Waals surface area (Å²) in [6.45, 7) is 3.15.